The van der Waals surface area contributed by atoms with E-state index in [1.54, 1.807) is 11.3 Å². The molecule has 1 heterocycles. The highest BCUT2D eigenvalue weighted by Crippen LogP contribution is 2.19. The Morgan fingerprint density at radius 2 is 2.20 bits per heavy atom. The molecule has 0 fully saturated rings. The highest BCUT2D eigenvalue weighted by Gasteiger charge is 2.05. The number of nitrogen functional groups attached to an aromatic ring is 1. The number of rotatable bonds is 6. The van der Waals surface area contributed by atoms with Crippen LogP contribution in [0.4, 0.5) is 11.4 Å². The van der Waals surface area contributed by atoms with Gasteiger partial charge in [0.15, 0.2) is 0 Å². The van der Waals surface area contributed by atoms with Gasteiger partial charge >= 0.3 is 0 Å². The second-order valence-electron chi connectivity index (χ2n) is 4.75. The van der Waals surface area contributed by atoms with Crippen LogP contribution in [0.1, 0.15) is 30.2 Å². The molecule has 2 aromatic rings. The number of anilines is 2. The third-order valence-corrected chi connectivity index (χ3v) is 4.15. The van der Waals surface area contributed by atoms with Crippen LogP contribution in [0.3, 0.4) is 0 Å². The van der Waals surface area contributed by atoms with E-state index >= 15 is 0 Å². The van der Waals surface area contributed by atoms with E-state index in [2.05, 4.69) is 23.7 Å². The Morgan fingerprint density at radius 3 is 2.85 bits per heavy atom. The van der Waals surface area contributed by atoms with E-state index in [-0.39, 0.29) is 5.91 Å². The minimum absolute atomic E-state index is 0.0465. The summed E-state index contributed by atoms with van der Waals surface area (Å²) in [5.41, 5.74) is 8.55. The van der Waals surface area contributed by atoms with E-state index in [1.807, 2.05) is 24.3 Å². The van der Waals surface area contributed by atoms with Crippen LogP contribution in [0.15, 0.2) is 35.7 Å². The molecule has 3 N–H and O–H groups in total. The lowest BCUT2D eigenvalue weighted by molar-refractivity contribution is -0.116. The van der Waals surface area contributed by atoms with Crippen LogP contribution in [-0.2, 0) is 17.6 Å². The number of nitrogens with two attached hydrogens (primary N) is 1. The fourth-order valence-corrected chi connectivity index (χ4v) is 2.85. The van der Waals surface area contributed by atoms with E-state index in [0.29, 0.717) is 6.42 Å². The van der Waals surface area contributed by atoms with Gasteiger partial charge in [0.05, 0.1) is 0 Å². The molecule has 0 spiro atoms. The third-order valence-electron chi connectivity index (χ3n) is 3.22. The Hall–Kier alpha value is -1.81. The average Bonchev–Trinajstić information content (AvgIpc) is 2.92. The summed E-state index contributed by atoms with van der Waals surface area (Å²) in [6.07, 6.45) is 3.27. The second kappa shape index (κ2) is 7.10. The van der Waals surface area contributed by atoms with Crippen molar-refractivity contribution in [2.24, 2.45) is 0 Å². The Kier molecular flexibility index (Phi) is 5.18. The summed E-state index contributed by atoms with van der Waals surface area (Å²) in [5.74, 6) is 0.0465. The van der Waals surface area contributed by atoms with Gasteiger partial charge < -0.3 is 11.1 Å². The molecule has 0 aliphatic carbocycles. The fraction of sp³-hybridized carbons (Fsp3) is 0.312. The Bertz CT molecular complexity index is 564. The first kappa shape index (κ1) is 14.6. The monoisotopic (exact) mass is 288 g/mol. The van der Waals surface area contributed by atoms with Crippen LogP contribution in [0, 0.1) is 0 Å². The topological polar surface area (TPSA) is 55.1 Å². The largest absolute Gasteiger partial charge is 0.398 e. The smallest absolute Gasteiger partial charge is 0.224 e. The van der Waals surface area contributed by atoms with Gasteiger partial charge in [0.2, 0.25) is 5.91 Å². The van der Waals surface area contributed by atoms with Gasteiger partial charge in [-0.15, -0.1) is 11.3 Å². The van der Waals surface area contributed by atoms with Gasteiger partial charge in [-0.1, -0.05) is 19.1 Å². The lowest BCUT2D eigenvalue weighted by Crippen LogP contribution is -2.11. The van der Waals surface area contributed by atoms with Gasteiger partial charge in [0.1, 0.15) is 0 Å². The molecule has 106 valence electrons. The molecule has 0 aliphatic rings. The maximum Gasteiger partial charge on any atom is 0.224 e. The molecule has 2 rings (SSSR count). The van der Waals surface area contributed by atoms with Crippen LogP contribution in [0.2, 0.25) is 0 Å². The molecular weight excluding hydrogens is 268 g/mol. The van der Waals surface area contributed by atoms with E-state index < -0.39 is 0 Å². The predicted octanol–water partition coefficient (Wildman–Crippen LogP) is 3.85. The highest BCUT2D eigenvalue weighted by atomic mass is 32.1. The number of nitrogens with one attached hydrogen (secondary N) is 1. The lowest BCUT2D eigenvalue weighted by Gasteiger charge is -2.08. The molecule has 0 atom stereocenters. The molecule has 0 saturated carbocycles. The van der Waals surface area contributed by atoms with Crippen LogP contribution >= 0.6 is 11.3 Å². The molecule has 0 radical (unpaired) electrons. The maximum absolute atomic E-state index is 11.9. The molecule has 3 nitrogen and oxygen atoms in total. The van der Waals surface area contributed by atoms with Crippen molar-refractivity contribution in [3.63, 3.8) is 0 Å². The number of hydrogen-bond donors (Lipinski definition) is 2. The predicted molar refractivity (Wildman–Crippen MR) is 86.1 cm³/mol. The molecule has 0 unspecified atom stereocenters. The number of amides is 1. The van der Waals surface area contributed by atoms with Crippen molar-refractivity contribution in [3.05, 3.63) is 46.2 Å². The summed E-state index contributed by atoms with van der Waals surface area (Å²) in [7, 11) is 0. The molecule has 0 aliphatic heterocycles. The number of carbonyl (C=O) groups excluding carboxylic acids is 1. The first-order chi connectivity index (χ1) is 9.69. The standard InChI is InChI=1S/C16H20N2OS/c1-2-12-8-9-13(11-15(12)17)18-16(19)7-3-5-14-6-4-10-20-14/h4,6,8-11H,2-3,5,7,17H2,1H3,(H,18,19). The number of aryl methyl sites for hydroxylation is 2. The summed E-state index contributed by atoms with van der Waals surface area (Å²) >= 11 is 1.74. The van der Waals surface area contributed by atoms with Crippen LogP contribution < -0.4 is 11.1 Å². The highest BCUT2D eigenvalue weighted by molar-refractivity contribution is 7.09. The third kappa shape index (κ3) is 4.10. The lowest BCUT2D eigenvalue weighted by atomic mass is 10.1. The normalized spacial score (nSPS) is 10.4. The van der Waals surface area contributed by atoms with Crippen molar-refractivity contribution < 1.29 is 4.79 Å². The van der Waals surface area contributed by atoms with Gasteiger partial charge in [-0.2, -0.15) is 0 Å². The first-order valence-electron chi connectivity index (χ1n) is 6.89. The van der Waals surface area contributed by atoms with Crippen molar-refractivity contribution >= 4 is 28.6 Å². The minimum atomic E-state index is 0.0465. The fourth-order valence-electron chi connectivity index (χ4n) is 2.10. The molecule has 20 heavy (non-hydrogen) atoms. The van der Waals surface area contributed by atoms with E-state index in [9.17, 15) is 4.79 Å². The molecular formula is C16H20N2OS. The number of benzene rings is 1. The van der Waals surface area contributed by atoms with Gasteiger partial charge in [-0.05, 0) is 48.4 Å². The van der Waals surface area contributed by atoms with E-state index in [4.69, 9.17) is 5.73 Å². The van der Waals surface area contributed by atoms with Gasteiger partial charge in [-0.3, -0.25) is 4.79 Å². The second-order valence-corrected chi connectivity index (χ2v) is 5.78. The summed E-state index contributed by atoms with van der Waals surface area (Å²) in [6.45, 7) is 2.06. The minimum Gasteiger partial charge on any atom is -0.398 e. The quantitative estimate of drug-likeness (QED) is 0.793. The number of hydrogen-bond acceptors (Lipinski definition) is 3. The Morgan fingerprint density at radius 1 is 1.35 bits per heavy atom. The molecule has 1 aromatic carbocycles. The Balaban J connectivity index is 1.80. The summed E-state index contributed by atoms with van der Waals surface area (Å²) in [4.78, 5) is 13.2. The maximum atomic E-state index is 11.9. The molecule has 0 bridgehead atoms. The summed E-state index contributed by atoms with van der Waals surface area (Å²) < 4.78 is 0. The molecule has 1 aromatic heterocycles. The van der Waals surface area contributed by atoms with E-state index in [0.717, 1.165) is 36.2 Å². The van der Waals surface area contributed by atoms with Crippen LogP contribution in [0.25, 0.3) is 0 Å². The zero-order valence-electron chi connectivity index (χ0n) is 11.7. The van der Waals surface area contributed by atoms with Crippen molar-refractivity contribution in [2.45, 2.75) is 32.6 Å². The average molecular weight is 288 g/mol. The van der Waals surface area contributed by atoms with Crippen LogP contribution in [0.5, 0.6) is 0 Å². The van der Waals surface area contributed by atoms with Crippen molar-refractivity contribution in [1.82, 2.24) is 0 Å². The Labute approximate surface area is 123 Å². The molecule has 1 amide bonds. The number of thiophene rings is 1. The molecule has 0 saturated heterocycles. The number of carbonyl (C=O) groups is 1. The first-order valence-corrected chi connectivity index (χ1v) is 7.77. The zero-order chi connectivity index (χ0) is 14.4. The van der Waals surface area contributed by atoms with Crippen LogP contribution in [-0.4, -0.2) is 5.91 Å². The van der Waals surface area contributed by atoms with Crippen molar-refractivity contribution in [1.29, 1.82) is 0 Å². The SMILES string of the molecule is CCc1ccc(NC(=O)CCCc2cccs2)cc1N. The zero-order valence-corrected chi connectivity index (χ0v) is 12.5. The van der Waals surface area contributed by atoms with Gasteiger partial charge in [0.25, 0.3) is 0 Å². The molecule has 4 heteroatoms. The van der Waals surface area contributed by atoms with E-state index in [1.165, 1.54) is 4.88 Å². The van der Waals surface area contributed by atoms with Gasteiger partial charge in [0, 0.05) is 22.7 Å². The summed E-state index contributed by atoms with van der Waals surface area (Å²) in [5, 5.41) is 4.96. The summed E-state index contributed by atoms with van der Waals surface area (Å²) in [6, 6.07) is 9.85. The van der Waals surface area contributed by atoms with Crippen molar-refractivity contribution in [2.75, 3.05) is 11.1 Å². The van der Waals surface area contributed by atoms with Gasteiger partial charge in [-0.25, -0.2) is 0 Å². The van der Waals surface area contributed by atoms with Crippen molar-refractivity contribution in [3.8, 4) is 0 Å².